The Labute approximate surface area is 146 Å². The van der Waals surface area contributed by atoms with Crippen molar-refractivity contribution in [3.8, 4) is 0 Å². The number of carbonyl (C=O) groups excluding carboxylic acids is 2. The standard InChI is InChI=1S/C19H21N3O3/c1-3-25-19(24)16-12(2)21-18-14(17(16)20)11-15(23)22(18)10-9-13-7-5-4-6-8-13/h4-8H,3,9-11H2,1-2H3,(H2,20,21). The minimum atomic E-state index is -0.497. The Bertz CT molecular complexity index is 818. The van der Waals surface area contributed by atoms with Crippen molar-refractivity contribution < 1.29 is 14.3 Å². The Morgan fingerprint density at radius 3 is 2.72 bits per heavy atom. The Morgan fingerprint density at radius 1 is 1.32 bits per heavy atom. The highest BCUT2D eigenvalue weighted by Gasteiger charge is 2.33. The zero-order chi connectivity index (χ0) is 18.0. The summed E-state index contributed by atoms with van der Waals surface area (Å²) in [6.45, 7) is 4.23. The van der Waals surface area contributed by atoms with Crippen LogP contribution in [0.3, 0.4) is 0 Å². The highest BCUT2D eigenvalue weighted by molar-refractivity contribution is 6.06. The van der Waals surface area contributed by atoms with Gasteiger partial charge in [-0.1, -0.05) is 30.3 Å². The monoisotopic (exact) mass is 339 g/mol. The summed E-state index contributed by atoms with van der Waals surface area (Å²) in [5.74, 6) is 0.0116. The van der Waals surface area contributed by atoms with Gasteiger partial charge in [0, 0.05) is 12.1 Å². The molecule has 1 amide bonds. The molecular weight excluding hydrogens is 318 g/mol. The number of fused-ring (bicyclic) bond motifs is 1. The van der Waals surface area contributed by atoms with E-state index >= 15 is 0 Å². The Kier molecular flexibility index (Phi) is 4.70. The number of anilines is 2. The van der Waals surface area contributed by atoms with Crippen LogP contribution in [0.2, 0.25) is 0 Å². The first kappa shape index (κ1) is 17.0. The molecule has 25 heavy (non-hydrogen) atoms. The first-order valence-electron chi connectivity index (χ1n) is 8.33. The summed E-state index contributed by atoms with van der Waals surface area (Å²) in [5.41, 5.74) is 8.99. The molecule has 0 unspecified atom stereocenters. The van der Waals surface area contributed by atoms with Gasteiger partial charge >= 0.3 is 5.97 Å². The van der Waals surface area contributed by atoms with Crippen molar-refractivity contribution in [3.63, 3.8) is 0 Å². The zero-order valence-electron chi connectivity index (χ0n) is 14.4. The van der Waals surface area contributed by atoms with Gasteiger partial charge in [-0.2, -0.15) is 0 Å². The molecule has 0 aliphatic carbocycles. The van der Waals surface area contributed by atoms with Crippen LogP contribution >= 0.6 is 0 Å². The number of pyridine rings is 1. The number of hydrogen-bond acceptors (Lipinski definition) is 5. The number of benzene rings is 1. The lowest BCUT2D eigenvalue weighted by atomic mass is 10.1. The fraction of sp³-hybridized carbons (Fsp3) is 0.316. The number of aromatic nitrogens is 1. The molecule has 0 fully saturated rings. The first-order chi connectivity index (χ1) is 12.0. The second-order valence-electron chi connectivity index (χ2n) is 5.97. The lowest BCUT2D eigenvalue weighted by Gasteiger charge is -2.18. The molecule has 0 saturated carbocycles. The molecule has 130 valence electrons. The van der Waals surface area contributed by atoms with Gasteiger partial charge in [0.05, 0.1) is 24.4 Å². The van der Waals surface area contributed by atoms with Crippen LogP contribution in [0.15, 0.2) is 30.3 Å². The van der Waals surface area contributed by atoms with Gasteiger partial charge < -0.3 is 10.5 Å². The number of amides is 1. The SMILES string of the molecule is CCOC(=O)c1c(C)nc2c(c1N)CC(=O)N2CCc1ccccc1. The first-order valence-corrected chi connectivity index (χ1v) is 8.33. The minimum Gasteiger partial charge on any atom is -0.462 e. The third kappa shape index (κ3) is 3.20. The van der Waals surface area contributed by atoms with Crippen LogP contribution in [-0.2, 0) is 22.4 Å². The highest BCUT2D eigenvalue weighted by atomic mass is 16.5. The third-order valence-electron chi connectivity index (χ3n) is 4.33. The van der Waals surface area contributed by atoms with E-state index in [1.807, 2.05) is 30.3 Å². The van der Waals surface area contributed by atoms with Gasteiger partial charge in [0.1, 0.15) is 11.4 Å². The van der Waals surface area contributed by atoms with Crippen LogP contribution in [0.4, 0.5) is 11.5 Å². The highest BCUT2D eigenvalue weighted by Crippen LogP contribution is 2.35. The summed E-state index contributed by atoms with van der Waals surface area (Å²) in [5, 5.41) is 0. The summed E-state index contributed by atoms with van der Waals surface area (Å²) in [7, 11) is 0. The molecule has 0 spiro atoms. The average Bonchev–Trinajstić information content (AvgIpc) is 2.90. The largest absolute Gasteiger partial charge is 0.462 e. The molecule has 1 aliphatic rings. The van der Waals surface area contributed by atoms with E-state index in [9.17, 15) is 9.59 Å². The number of aryl methyl sites for hydroxylation is 1. The second kappa shape index (κ2) is 6.93. The number of esters is 1. The zero-order valence-corrected chi connectivity index (χ0v) is 14.4. The summed E-state index contributed by atoms with van der Waals surface area (Å²) >= 11 is 0. The molecule has 0 bridgehead atoms. The van der Waals surface area contributed by atoms with Crippen molar-refractivity contribution in [2.45, 2.75) is 26.7 Å². The number of nitrogen functional groups attached to an aromatic ring is 1. The van der Waals surface area contributed by atoms with Gasteiger partial charge in [-0.05, 0) is 25.8 Å². The molecule has 2 heterocycles. The Hall–Kier alpha value is -2.89. The molecule has 1 aromatic carbocycles. The minimum absolute atomic E-state index is 0.0504. The smallest absolute Gasteiger partial charge is 0.342 e. The van der Waals surface area contributed by atoms with E-state index in [-0.39, 0.29) is 24.5 Å². The van der Waals surface area contributed by atoms with Gasteiger partial charge in [0.25, 0.3) is 0 Å². The average molecular weight is 339 g/mol. The number of ether oxygens (including phenoxy) is 1. The molecular formula is C19H21N3O3. The van der Waals surface area contributed by atoms with Crippen molar-refractivity contribution in [1.82, 2.24) is 4.98 Å². The maximum absolute atomic E-state index is 12.4. The molecule has 6 nitrogen and oxygen atoms in total. The lowest BCUT2D eigenvalue weighted by Crippen LogP contribution is -2.29. The summed E-state index contributed by atoms with van der Waals surface area (Å²) < 4.78 is 5.05. The third-order valence-corrected chi connectivity index (χ3v) is 4.33. The molecule has 2 aromatic rings. The van der Waals surface area contributed by atoms with Gasteiger partial charge in [-0.3, -0.25) is 9.69 Å². The maximum Gasteiger partial charge on any atom is 0.342 e. The summed E-state index contributed by atoms with van der Waals surface area (Å²) in [6.07, 6.45) is 0.891. The van der Waals surface area contributed by atoms with Crippen LogP contribution in [0.25, 0.3) is 0 Å². The van der Waals surface area contributed by atoms with Crippen LogP contribution in [0.5, 0.6) is 0 Å². The summed E-state index contributed by atoms with van der Waals surface area (Å²) in [4.78, 5) is 30.7. The predicted octanol–water partition coefficient (Wildman–Crippen LogP) is 2.28. The normalized spacial score (nSPS) is 13.0. The van der Waals surface area contributed by atoms with E-state index in [0.29, 0.717) is 29.3 Å². The number of carbonyl (C=O) groups is 2. The quantitative estimate of drug-likeness (QED) is 0.845. The van der Waals surface area contributed by atoms with Crippen LogP contribution in [-0.4, -0.2) is 30.0 Å². The van der Waals surface area contributed by atoms with Crippen molar-refractivity contribution >= 4 is 23.4 Å². The topological polar surface area (TPSA) is 85.5 Å². The van der Waals surface area contributed by atoms with E-state index in [0.717, 1.165) is 12.0 Å². The molecule has 0 atom stereocenters. The molecule has 3 rings (SSSR count). The van der Waals surface area contributed by atoms with Crippen molar-refractivity contribution in [2.75, 3.05) is 23.8 Å². The van der Waals surface area contributed by atoms with Crippen LogP contribution in [0.1, 0.15) is 34.1 Å². The van der Waals surface area contributed by atoms with Crippen molar-refractivity contribution in [3.05, 3.63) is 52.7 Å². The van der Waals surface area contributed by atoms with Gasteiger partial charge in [0.15, 0.2) is 0 Å². The number of rotatable bonds is 5. The molecule has 0 saturated heterocycles. The van der Waals surface area contributed by atoms with Gasteiger partial charge in [-0.25, -0.2) is 9.78 Å². The Balaban J connectivity index is 1.90. The summed E-state index contributed by atoms with van der Waals surface area (Å²) in [6, 6.07) is 9.96. The van der Waals surface area contributed by atoms with Crippen LogP contribution < -0.4 is 10.6 Å². The van der Waals surface area contributed by atoms with Crippen molar-refractivity contribution in [2.24, 2.45) is 0 Å². The van der Waals surface area contributed by atoms with E-state index in [4.69, 9.17) is 10.5 Å². The molecule has 1 aromatic heterocycles. The van der Waals surface area contributed by atoms with Gasteiger partial charge in [0.2, 0.25) is 5.91 Å². The number of nitrogens with zero attached hydrogens (tertiary/aromatic N) is 2. The molecule has 0 radical (unpaired) electrons. The fourth-order valence-electron chi connectivity index (χ4n) is 3.09. The van der Waals surface area contributed by atoms with Crippen LogP contribution in [0, 0.1) is 6.92 Å². The van der Waals surface area contributed by atoms with E-state index < -0.39 is 5.97 Å². The predicted molar refractivity (Wildman–Crippen MR) is 95.5 cm³/mol. The molecule has 2 N–H and O–H groups in total. The molecule has 6 heteroatoms. The lowest BCUT2D eigenvalue weighted by molar-refractivity contribution is -0.117. The van der Waals surface area contributed by atoms with E-state index in [1.54, 1.807) is 18.7 Å². The molecule has 1 aliphatic heterocycles. The van der Waals surface area contributed by atoms with Gasteiger partial charge in [-0.15, -0.1) is 0 Å². The van der Waals surface area contributed by atoms with Crippen molar-refractivity contribution in [1.29, 1.82) is 0 Å². The maximum atomic E-state index is 12.4. The fourth-order valence-corrected chi connectivity index (χ4v) is 3.09. The van der Waals surface area contributed by atoms with E-state index in [2.05, 4.69) is 4.98 Å². The Morgan fingerprint density at radius 2 is 2.04 bits per heavy atom. The number of hydrogen-bond donors (Lipinski definition) is 1. The number of nitrogens with two attached hydrogens (primary N) is 1. The second-order valence-corrected chi connectivity index (χ2v) is 5.97. The van der Waals surface area contributed by atoms with E-state index in [1.165, 1.54) is 0 Å².